The molecule has 0 aliphatic carbocycles. The first-order chi connectivity index (χ1) is 8.54. The van der Waals surface area contributed by atoms with Gasteiger partial charge in [-0.05, 0) is 26.0 Å². The molecule has 94 valence electrons. The van der Waals surface area contributed by atoms with Crippen LogP contribution < -0.4 is 4.74 Å². The molecule has 2 aromatic rings. The zero-order chi connectivity index (χ0) is 13.3. The van der Waals surface area contributed by atoms with Crippen molar-refractivity contribution in [3.05, 3.63) is 40.0 Å². The number of hydrogen-bond acceptors (Lipinski definition) is 3. The highest BCUT2D eigenvalue weighted by atomic mass is 32.1. The SMILES string of the molecule is COc1cccc(-c2[nH]c(C)nc(=S)c2C)c1F. The number of aryl methyl sites for hydroxylation is 1. The lowest BCUT2D eigenvalue weighted by molar-refractivity contribution is 0.387. The molecule has 0 spiro atoms. The summed E-state index contributed by atoms with van der Waals surface area (Å²) in [6, 6.07) is 5.01. The molecule has 1 aromatic carbocycles. The number of nitrogens with one attached hydrogen (secondary N) is 1. The van der Waals surface area contributed by atoms with Crippen LogP contribution in [0.2, 0.25) is 0 Å². The Hall–Kier alpha value is -1.75. The molecule has 5 heteroatoms. The number of benzene rings is 1. The summed E-state index contributed by atoms with van der Waals surface area (Å²) < 4.78 is 19.7. The number of halogens is 1. The van der Waals surface area contributed by atoms with Gasteiger partial charge in [-0.15, -0.1) is 0 Å². The summed E-state index contributed by atoms with van der Waals surface area (Å²) in [6.45, 7) is 3.61. The number of hydrogen-bond donors (Lipinski definition) is 1. The minimum Gasteiger partial charge on any atom is -0.494 e. The first kappa shape index (κ1) is 12.7. The second-order valence-electron chi connectivity index (χ2n) is 3.95. The van der Waals surface area contributed by atoms with Gasteiger partial charge in [-0.3, -0.25) is 0 Å². The van der Waals surface area contributed by atoms with Crippen LogP contribution in [0.3, 0.4) is 0 Å². The first-order valence-corrected chi connectivity index (χ1v) is 5.85. The van der Waals surface area contributed by atoms with E-state index in [0.717, 1.165) is 5.56 Å². The highest BCUT2D eigenvalue weighted by molar-refractivity contribution is 7.71. The summed E-state index contributed by atoms with van der Waals surface area (Å²) >= 11 is 5.15. The number of aromatic nitrogens is 2. The van der Waals surface area contributed by atoms with E-state index in [1.807, 2.05) is 6.92 Å². The lowest BCUT2D eigenvalue weighted by Gasteiger charge is -2.10. The summed E-state index contributed by atoms with van der Waals surface area (Å²) in [5.41, 5.74) is 1.83. The maximum Gasteiger partial charge on any atom is 0.174 e. The van der Waals surface area contributed by atoms with Crippen molar-refractivity contribution in [3.63, 3.8) is 0 Å². The first-order valence-electron chi connectivity index (χ1n) is 5.45. The normalized spacial score (nSPS) is 10.4. The van der Waals surface area contributed by atoms with E-state index in [9.17, 15) is 4.39 Å². The maximum absolute atomic E-state index is 14.2. The fourth-order valence-electron chi connectivity index (χ4n) is 1.78. The highest BCUT2D eigenvalue weighted by Gasteiger charge is 2.13. The van der Waals surface area contributed by atoms with Gasteiger partial charge in [0.25, 0.3) is 0 Å². The molecule has 1 heterocycles. The molecule has 0 fully saturated rings. The van der Waals surface area contributed by atoms with Gasteiger partial charge in [0, 0.05) is 11.1 Å². The molecule has 0 unspecified atom stereocenters. The van der Waals surface area contributed by atoms with Crippen molar-refractivity contribution in [2.24, 2.45) is 0 Å². The van der Waals surface area contributed by atoms with Crippen molar-refractivity contribution in [3.8, 4) is 17.0 Å². The van der Waals surface area contributed by atoms with E-state index in [1.54, 1.807) is 25.1 Å². The monoisotopic (exact) mass is 264 g/mol. The van der Waals surface area contributed by atoms with Crippen molar-refractivity contribution in [1.29, 1.82) is 0 Å². The fourth-order valence-corrected chi connectivity index (χ4v) is 2.02. The zero-order valence-electron chi connectivity index (χ0n) is 10.4. The van der Waals surface area contributed by atoms with E-state index >= 15 is 0 Å². The van der Waals surface area contributed by atoms with Crippen LogP contribution in [0.15, 0.2) is 18.2 Å². The van der Waals surface area contributed by atoms with Crippen LogP contribution in [0, 0.1) is 24.3 Å². The van der Waals surface area contributed by atoms with Crippen LogP contribution >= 0.6 is 12.2 Å². The molecule has 0 saturated carbocycles. The Labute approximate surface area is 110 Å². The number of H-pyrrole nitrogens is 1. The third kappa shape index (κ3) is 2.13. The Morgan fingerprint density at radius 2 is 2.06 bits per heavy atom. The smallest absolute Gasteiger partial charge is 0.174 e. The van der Waals surface area contributed by atoms with Crippen molar-refractivity contribution in [2.45, 2.75) is 13.8 Å². The fraction of sp³-hybridized carbons (Fsp3) is 0.231. The molecular weight excluding hydrogens is 251 g/mol. The highest BCUT2D eigenvalue weighted by Crippen LogP contribution is 2.29. The van der Waals surface area contributed by atoms with Gasteiger partial charge in [0.05, 0.1) is 12.8 Å². The molecule has 3 nitrogen and oxygen atoms in total. The van der Waals surface area contributed by atoms with Crippen molar-refractivity contribution in [2.75, 3.05) is 7.11 Å². The van der Waals surface area contributed by atoms with E-state index in [0.29, 0.717) is 21.7 Å². The third-order valence-electron chi connectivity index (χ3n) is 2.72. The van der Waals surface area contributed by atoms with E-state index < -0.39 is 5.82 Å². The molecule has 18 heavy (non-hydrogen) atoms. The standard InChI is InChI=1S/C13H13FN2OS/c1-7-12(15-8(2)16-13(7)18)9-5-4-6-10(17-3)11(9)14/h4-6H,1-3H3,(H,15,16,18). The maximum atomic E-state index is 14.2. The number of methoxy groups -OCH3 is 1. The molecule has 0 saturated heterocycles. The third-order valence-corrected chi connectivity index (χ3v) is 3.12. The van der Waals surface area contributed by atoms with Gasteiger partial charge >= 0.3 is 0 Å². The van der Waals surface area contributed by atoms with Gasteiger partial charge in [-0.25, -0.2) is 9.37 Å². The van der Waals surface area contributed by atoms with Gasteiger partial charge < -0.3 is 9.72 Å². The predicted octanol–water partition coefficient (Wildman–Crippen LogP) is 3.57. The number of nitrogens with zero attached hydrogens (tertiary/aromatic N) is 1. The van der Waals surface area contributed by atoms with Crippen LogP contribution in [0.4, 0.5) is 4.39 Å². The van der Waals surface area contributed by atoms with E-state index in [2.05, 4.69) is 9.97 Å². The second kappa shape index (κ2) is 4.86. The van der Waals surface area contributed by atoms with Crippen molar-refractivity contribution < 1.29 is 9.13 Å². The van der Waals surface area contributed by atoms with E-state index in [-0.39, 0.29) is 5.75 Å². The predicted molar refractivity (Wildman–Crippen MR) is 70.8 cm³/mol. The summed E-state index contributed by atoms with van der Waals surface area (Å²) in [5, 5.41) is 0. The molecule has 0 aliphatic rings. The molecule has 0 bridgehead atoms. The zero-order valence-corrected chi connectivity index (χ0v) is 11.2. The van der Waals surface area contributed by atoms with Crippen molar-refractivity contribution >= 4 is 12.2 Å². The summed E-state index contributed by atoms with van der Waals surface area (Å²) in [7, 11) is 1.44. The van der Waals surface area contributed by atoms with Gasteiger partial charge in [0.2, 0.25) is 0 Å². The van der Waals surface area contributed by atoms with Crippen LogP contribution in [0.1, 0.15) is 11.4 Å². The van der Waals surface area contributed by atoms with Gasteiger partial charge in [0.1, 0.15) is 10.5 Å². The number of rotatable bonds is 2. The van der Waals surface area contributed by atoms with E-state index in [4.69, 9.17) is 17.0 Å². The molecule has 2 rings (SSSR count). The molecule has 0 atom stereocenters. The second-order valence-corrected chi connectivity index (χ2v) is 4.34. The molecule has 1 aromatic heterocycles. The van der Waals surface area contributed by atoms with Crippen LogP contribution in [-0.4, -0.2) is 17.1 Å². The Morgan fingerprint density at radius 1 is 1.33 bits per heavy atom. The quantitative estimate of drug-likeness (QED) is 0.843. The molecule has 0 amide bonds. The number of aromatic amines is 1. The molecule has 0 aliphatic heterocycles. The average Bonchev–Trinajstić information content (AvgIpc) is 2.34. The summed E-state index contributed by atoms with van der Waals surface area (Å²) in [5.74, 6) is 0.461. The lowest BCUT2D eigenvalue weighted by atomic mass is 10.1. The Kier molecular flexibility index (Phi) is 3.43. The largest absolute Gasteiger partial charge is 0.494 e. The average molecular weight is 264 g/mol. The van der Waals surface area contributed by atoms with E-state index in [1.165, 1.54) is 7.11 Å². The Bertz CT molecular complexity index is 652. The van der Waals surface area contributed by atoms with Gasteiger partial charge in [0.15, 0.2) is 11.6 Å². The summed E-state index contributed by atoms with van der Waals surface area (Å²) in [4.78, 5) is 7.19. The minimum atomic E-state index is -0.403. The van der Waals surface area contributed by atoms with Gasteiger partial charge in [-0.2, -0.15) is 0 Å². The molecule has 0 radical (unpaired) electrons. The van der Waals surface area contributed by atoms with Crippen LogP contribution in [-0.2, 0) is 0 Å². The summed E-state index contributed by atoms with van der Waals surface area (Å²) in [6.07, 6.45) is 0. The lowest BCUT2D eigenvalue weighted by Crippen LogP contribution is -1.99. The Balaban J connectivity index is 2.73. The topological polar surface area (TPSA) is 37.9 Å². The number of ether oxygens (including phenoxy) is 1. The van der Waals surface area contributed by atoms with Crippen molar-refractivity contribution in [1.82, 2.24) is 9.97 Å². The van der Waals surface area contributed by atoms with Crippen LogP contribution in [0.25, 0.3) is 11.3 Å². The molecule has 1 N–H and O–H groups in total. The Morgan fingerprint density at radius 3 is 2.72 bits per heavy atom. The van der Waals surface area contributed by atoms with Gasteiger partial charge in [-0.1, -0.05) is 18.3 Å². The molecular formula is C13H13FN2OS. The minimum absolute atomic E-state index is 0.209. The van der Waals surface area contributed by atoms with Crippen LogP contribution in [0.5, 0.6) is 5.75 Å².